The number of halogens is 1. The second-order valence-electron chi connectivity index (χ2n) is 4.81. The largest absolute Gasteiger partial charge is 0.433 e. The number of carbonyl (C=O) groups is 1. The van der Waals surface area contributed by atoms with Crippen LogP contribution in [0.3, 0.4) is 0 Å². The molecule has 1 aromatic heterocycles. The molecule has 108 valence electrons. The van der Waals surface area contributed by atoms with Crippen LogP contribution in [0.1, 0.15) is 21.7 Å². The molecule has 3 rings (SSSR count). The third-order valence-corrected chi connectivity index (χ3v) is 4.50. The topological polar surface area (TPSA) is 76.6 Å². The minimum atomic E-state index is -0.570. The van der Waals surface area contributed by atoms with E-state index in [1.54, 1.807) is 18.0 Å². The Morgan fingerprint density at radius 2 is 2.14 bits per heavy atom. The lowest BCUT2D eigenvalue weighted by Crippen LogP contribution is -2.20. The van der Waals surface area contributed by atoms with E-state index in [2.05, 4.69) is 15.9 Å². The zero-order chi connectivity index (χ0) is 15.1. The van der Waals surface area contributed by atoms with Gasteiger partial charge in [0, 0.05) is 12.7 Å². The van der Waals surface area contributed by atoms with Gasteiger partial charge in [-0.3, -0.25) is 14.9 Å². The molecule has 0 bridgehead atoms. The molecule has 2 heterocycles. The number of hydrogen-bond acceptors (Lipinski definition) is 4. The van der Waals surface area contributed by atoms with E-state index >= 15 is 0 Å². The molecule has 0 spiro atoms. The van der Waals surface area contributed by atoms with Gasteiger partial charge in [0.1, 0.15) is 10.7 Å². The van der Waals surface area contributed by atoms with Crippen LogP contribution < -0.4 is 4.90 Å². The molecule has 0 radical (unpaired) electrons. The number of alkyl halides is 1. The molecule has 0 N–H and O–H groups in total. The maximum absolute atomic E-state index is 11.7. The number of nitro groups is 1. The van der Waals surface area contributed by atoms with Crippen LogP contribution in [-0.4, -0.2) is 17.9 Å². The number of likely N-dealkylation sites (N-methyl/N-ethyl adjacent to an activating group) is 1. The van der Waals surface area contributed by atoms with E-state index in [1.165, 1.54) is 6.07 Å². The number of nitrogens with zero attached hydrogens (tertiary/aromatic N) is 2. The van der Waals surface area contributed by atoms with Gasteiger partial charge in [-0.15, -0.1) is 0 Å². The van der Waals surface area contributed by atoms with Gasteiger partial charge in [-0.05, 0) is 23.3 Å². The van der Waals surface area contributed by atoms with Gasteiger partial charge in [-0.1, -0.05) is 28.1 Å². The van der Waals surface area contributed by atoms with Crippen molar-refractivity contribution in [1.82, 2.24) is 0 Å². The Morgan fingerprint density at radius 3 is 2.81 bits per heavy atom. The van der Waals surface area contributed by atoms with Crippen LogP contribution in [-0.2, 0) is 11.2 Å². The highest BCUT2D eigenvalue weighted by atomic mass is 79.9. The minimum Gasteiger partial charge on any atom is -0.404 e. The van der Waals surface area contributed by atoms with Gasteiger partial charge >= 0.3 is 5.88 Å². The average Bonchev–Trinajstić information content (AvgIpc) is 3.04. The minimum absolute atomic E-state index is 0.0573. The summed E-state index contributed by atoms with van der Waals surface area (Å²) in [5.74, 6) is 0.228. The standard InChI is InChI=1S/C14H11BrN2O4/c1-16-10-3-2-8(6-9(10)7-12(16)18)14(15)11-4-5-13(21-11)17(19)20/h2-6,14H,7H2,1H3. The maximum atomic E-state index is 11.7. The predicted molar refractivity (Wildman–Crippen MR) is 79.7 cm³/mol. The first kappa shape index (κ1) is 13.8. The average molecular weight is 351 g/mol. The zero-order valence-electron chi connectivity index (χ0n) is 11.1. The molecule has 21 heavy (non-hydrogen) atoms. The molecule has 1 atom stereocenters. The molecule has 7 heteroatoms. The summed E-state index contributed by atoms with van der Waals surface area (Å²) in [6.45, 7) is 0. The highest BCUT2D eigenvalue weighted by Gasteiger charge is 2.26. The Labute approximate surface area is 128 Å². The maximum Gasteiger partial charge on any atom is 0.433 e. The predicted octanol–water partition coefficient (Wildman–Crippen LogP) is 3.19. The monoisotopic (exact) mass is 350 g/mol. The zero-order valence-corrected chi connectivity index (χ0v) is 12.7. The van der Waals surface area contributed by atoms with Crippen LogP contribution in [0.4, 0.5) is 11.6 Å². The van der Waals surface area contributed by atoms with Crippen molar-refractivity contribution in [3.05, 3.63) is 57.3 Å². The van der Waals surface area contributed by atoms with Gasteiger partial charge in [-0.25, -0.2) is 0 Å². The lowest BCUT2D eigenvalue weighted by atomic mass is 10.0. The highest BCUT2D eigenvalue weighted by molar-refractivity contribution is 9.09. The number of carbonyl (C=O) groups excluding carboxylic acids is 1. The molecule has 1 amide bonds. The number of anilines is 1. The van der Waals surface area contributed by atoms with E-state index in [1.807, 2.05) is 18.2 Å². The fourth-order valence-corrected chi connectivity index (χ4v) is 2.92. The van der Waals surface area contributed by atoms with Crippen molar-refractivity contribution in [1.29, 1.82) is 0 Å². The summed E-state index contributed by atoms with van der Waals surface area (Å²) in [7, 11) is 1.75. The molecule has 6 nitrogen and oxygen atoms in total. The molecule has 1 aromatic carbocycles. The molecule has 0 saturated carbocycles. The Morgan fingerprint density at radius 1 is 1.38 bits per heavy atom. The lowest BCUT2D eigenvalue weighted by Gasteiger charge is -2.12. The number of amides is 1. The van der Waals surface area contributed by atoms with Gasteiger partial charge in [0.05, 0.1) is 17.3 Å². The van der Waals surface area contributed by atoms with E-state index in [0.717, 1.165) is 16.8 Å². The second-order valence-corrected chi connectivity index (χ2v) is 5.73. The number of rotatable bonds is 3. The van der Waals surface area contributed by atoms with Gasteiger partial charge in [-0.2, -0.15) is 0 Å². The van der Waals surface area contributed by atoms with Crippen molar-refractivity contribution in [3.63, 3.8) is 0 Å². The summed E-state index contributed by atoms with van der Waals surface area (Å²) in [5.41, 5.74) is 2.74. The van der Waals surface area contributed by atoms with Crippen molar-refractivity contribution in [2.45, 2.75) is 11.2 Å². The molecule has 1 aliphatic rings. The van der Waals surface area contributed by atoms with E-state index in [-0.39, 0.29) is 16.6 Å². The Hall–Kier alpha value is -2.15. The molecule has 1 unspecified atom stereocenters. The van der Waals surface area contributed by atoms with E-state index in [4.69, 9.17) is 4.42 Å². The smallest absolute Gasteiger partial charge is 0.404 e. The van der Waals surface area contributed by atoms with Gasteiger partial charge in [0.25, 0.3) is 0 Å². The third kappa shape index (κ3) is 2.33. The molecule has 0 fully saturated rings. The highest BCUT2D eigenvalue weighted by Crippen LogP contribution is 2.37. The molecule has 1 aliphatic heterocycles. The lowest BCUT2D eigenvalue weighted by molar-refractivity contribution is -0.402. The van der Waals surface area contributed by atoms with Crippen LogP contribution in [0.2, 0.25) is 0 Å². The first-order valence-electron chi connectivity index (χ1n) is 6.25. The van der Waals surface area contributed by atoms with E-state index in [9.17, 15) is 14.9 Å². The SMILES string of the molecule is CN1C(=O)Cc2cc(C(Br)c3ccc([N+](=O)[O-])o3)ccc21. The van der Waals surface area contributed by atoms with Crippen molar-refractivity contribution in [2.24, 2.45) is 0 Å². The van der Waals surface area contributed by atoms with Crippen LogP contribution in [0.5, 0.6) is 0 Å². The van der Waals surface area contributed by atoms with Crippen molar-refractivity contribution in [2.75, 3.05) is 11.9 Å². The fourth-order valence-electron chi connectivity index (χ4n) is 2.39. The van der Waals surface area contributed by atoms with E-state index in [0.29, 0.717) is 12.2 Å². The second kappa shape index (κ2) is 5.00. The molecule has 0 aliphatic carbocycles. The summed E-state index contributed by atoms with van der Waals surface area (Å²) in [4.78, 5) is 23.1. The van der Waals surface area contributed by atoms with Gasteiger partial charge in [0.15, 0.2) is 0 Å². The van der Waals surface area contributed by atoms with Crippen molar-refractivity contribution >= 4 is 33.4 Å². The summed E-state index contributed by atoms with van der Waals surface area (Å²) >= 11 is 3.48. The van der Waals surface area contributed by atoms with Crippen LogP contribution in [0, 0.1) is 10.1 Å². The first-order chi connectivity index (χ1) is 9.97. The molecular weight excluding hydrogens is 340 g/mol. The number of furan rings is 1. The fraction of sp³-hybridized carbons (Fsp3) is 0.214. The van der Waals surface area contributed by atoms with Crippen molar-refractivity contribution < 1.29 is 14.1 Å². The van der Waals surface area contributed by atoms with E-state index < -0.39 is 4.92 Å². The number of hydrogen-bond donors (Lipinski definition) is 0. The summed E-state index contributed by atoms with van der Waals surface area (Å²) in [6.07, 6.45) is 0.373. The first-order valence-corrected chi connectivity index (χ1v) is 7.16. The van der Waals surface area contributed by atoms with Gasteiger partial charge in [0.2, 0.25) is 5.91 Å². The quantitative estimate of drug-likeness (QED) is 0.483. The van der Waals surface area contributed by atoms with Crippen LogP contribution in [0.25, 0.3) is 0 Å². The van der Waals surface area contributed by atoms with Gasteiger partial charge < -0.3 is 9.32 Å². The van der Waals surface area contributed by atoms with Crippen LogP contribution >= 0.6 is 15.9 Å². The van der Waals surface area contributed by atoms with Crippen LogP contribution in [0.15, 0.2) is 34.7 Å². The third-order valence-electron chi connectivity index (χ3n) is 3.52. The summed E-state index contributed by atoms with van der Waals surface area (Å²) < 4.78 is 5.20. The Balaban J connectivity index is 1.92. The van der Waals surface area contributed by atoms with Crippen molar-refractivity contribution in [3.8, 4) is 0 Å². The summed E-state index contributed by atoms with van der Waals surface area (Å²) in [6, 6.07) is 8.57. The molecular formula is C14H11BrN2O4. The molecule has 2 aromatic rings. The Bertz CT molecular complexity index is 740. The Kier molecular flexibility index (Phi) is 3.29. The normalized spacial score (nSPS) is 15.1. The molecule has 0 saturated heterocycles. The number of benzene rings is 1. The number of fused-ring (bicyclic) bond motifs is 1. The summed E-state index contributed by atoms with van der Waals surface area (Å²) in [5, 5.41) is 10.7.